The number of amides is 1. The fourth-order valence-electron chi connectivity index (χ4n) is 3.44. The van der Waals surface area contributed by atoms with Gasteiger partial charge in [0, 0.05) is 19.3 Å². The van der Waals surface area contributed by atoms with Gasteiger partial charge in [0.2, 0.25) is 0 Å². The molecule has 2 unspecified atom stereocenters. The minimum Gasteiger partial charge on any atom is -0.444 e. The van der Waals surface area contributed by atoms with E-state index in [-0.39, 0.29) is 18.2 Å². The summed E-state index contributed by atoms with van der Waals surface area (Å²) in [6.45, 7) is 7.25. The van der Waals surface area contributed by atoms with Crippen LogP contribution in [0.3, 0.4) is 0 Å². The van der Waals surface area contributed by atoms with Crippen LogP contribution in [0.1, 0.15) is 39.2 Å². The molecule has 2 fully saturated rings. The molecule has 1 aromatic rings. The van der Waals surface area contributed by atoms with Gasteiger partial charge in [-0.1, -0.05) is 0 Å². The Kier molecular flexibility index (Phi) is 3.88. The predicted octanol–water partition coefficient (Wildman–Crippen LogP) is 2.54. The van der Waals surface area contributed by atoms with Gasteiger partial charge < -0.3 is 14.5 Å². The molecule has 0 N–H and O–H groups in total. The van der Waals surface area contributed by atoms with Crippen molar-refractivity contribution in [2.75, 3.05) is 18.0 Å². The van der Waals surface area contributed by atoms with E-state index < -0.39 is 5.60 Å². The van der Waals surface area contributed by atoms with Crippen molar-refractivity contribution in [2.24, 2.45) is 0 Å². The third-order valence-corrected chi connectivity index (χ3v) is 4.38. The van der Waals surface area contributed by atoms with Crippen molar-refractivity contribution in [3.8, 4) is 6.07 Å². The molecule has 2 aliphatic rings. The first kappa shape index (κ1) is 15.6. The average Bonchev–Trinajstić information content (AvgIpc) is 3.06. The highest BCUT2D eigenvalue weighted by molar-refractivity contribution is 5.69. The van der Waals surface area contributed by atoms with Crippen LogP contribution in [-0.4, -0.2) is 46.8 Å². The van der Waals surface area contributed by atoms with Crippen molar-refractivity contribution in [1.82, 2.24) is 9.88 Å². The molecule has 2 saturated heterocycles. The lowest BCUT2D eigenvalue weighted by Crippen LogP contribution is -2.42. The van der Waals surface area contributed by atoms with E-state index in [1.807, 2.05) is 31.7 Å². The summed E-state index contributed by atoms with van der Waals surface area (Å²) in [4.78, 5) is 20.9. The van der Waals surface area contributed by atoms with Gasteiger partial charge in [-0.05, 0) is 45.7 Å². The normalized spacial score (nSPS) is 23.6. The van der Waals surface area contributed by atoms with Gasteiger partial charge in [0.05, 0.1) is 17.6 Å². The number of anilines is 1. The molecule has 1 amide bonds. The molecule has 2 aliphatic heterocycles. The summed E-state index contributed by atoms with van der Waals surface area (Å²) in [5, 5.41) is 8.87. The van der Waals surface area contributed by atoms with Crippen molar-refractivity contribution >= 4 is 11.9 Å². The predicted molar refractivity (Wildman–Crippen MR) is 86.0 cm³/mol. The summed E-state index contributed by atoms with van der Waals surface area (Å²) in [6.07, 6.45) is 3.22. The number of pyridine rings is 1. The molecule has 0 radical (unpaired) electrons. The van der Waals surface area contributed by atoms with Gasteiger partial charge >= 0.3 is 6.09 Å². The first-order valence-electron chi connectivity index (χ1n) is 8.01. The summed E-state index contributed by atoms with van der Waals surface area (Å²) < 4.78 is 5.52. The molecule has 122 valence electrons. The van der Waals surface area contributed by atoms with Gasteiger partial charge in [0.25, 0.3) is 0 Å². The summed E-state index contributed by atoms with van der Waals surface area (Å²) in [6, 6.07) is 6.22. The summed E-state index contributed by atoms with van der Waals surface area (Å²) in [5.74, 6) is 0.877. The van der Waals surface area contributed by atoms with E-state index in [2.05, 4.69) is 16.0 Å². The summed E-state index contributed by atoms with van der Waals surface area (Å²) in [7, 11) is 0. The van der Waals surface area contributed by atoms with E-state index in [1.54, 1.807) is 12.3 Å². The molecule has 0 aromatic carbocycles. The number of nitrogens with zero attached hydrogens (tertiary/aromatic N) is 4. The first-order valence-corrected chi connectivity index (χ1v) is 8.01. The van der Waals surface area contributed by atoms with Crippen LogP contribution in [0.25, 0.3) is 0 Å². The van der Waals surface area contributed by atoms with Crippen LogP contribution >= 0.6 is 0 Å². The maximum atomic E-state index is 12.4. The van der Waals surface area contributed by atoms with E-state index >= 15 is 0 Å². The van der Waals surface area contributed by atoms with Gasteiger partial charge in [-0.3, -0.25) is 0 Å². The zero-order chi connectivity index (χ0) is 16.6. The van der Waals surface area contributed by atoms with Crippen molar-refractivity contribution in [1.29, 1.82) is 5.26 Å². The molecule has 23 heavy (non-hydrogen) atoms. The van der Waals surface area contributed by atoms with Gasteiger partial charge in [0.1, 0.15) is 17.5 Å². The number of rotatable bonds is 1. The van der Waals surface area contributed by atoms with Crippen LogP contribution < -0.4 is 4.90 Å². The Morgan fingerprint density at radius 2 is 2.04 bits per heavy atom. The highest BCUT2D eigenvalue weighted by atomic mass is 16.6. The maximum Gasteiger partial charge on any atom is 0.410 e. The van der Waals surface area contributed by atoms with Crippen LogP contribution in [0.2, 0.25) is 0 Å². The molecule has 0 saturated carbocycles. The van der Waals surface area contributed by atoms with Crippen molar-refractivity contribution in [3.63, 3.8) is 0 Å². The Bertz CT molecular complexity index is 629. The van der Waals surface area contributed by atoms with Crippen LogP contribution in [0.4, 0.5) is 10.6 Å². The Morgan fingerprint density at radius 1 is 1.30 bits per heavy atom. The SMILES string of the molecule is CC(C)(C)OC(=O)N1CCC2C1CCN2c1ccc(C#N)cn1. The van der Waals surface area contributed by atoms with Crippen LogP contribution in [-0.2, 0) is 4.74 Å². The molecule has 6 nitrogen and oxygen atoms in total. The monoisotopic (exact) mass is 314 g/mol. The quantitative estimate of drug-likeness (QED) is 0.796. The minimum absolute atomic E-state index is 0.183. The Balaban J connectivity index is 1.71. The van der Waals surface area contributed by atoms with E-state index in [4.69, 9.17) is 10.00 Å². The number of nitriles is 1. The van der Waals surface area contributed by atoms with Gasteiger partial charge in [-0.2, -0.15) is 5.26 Å². The third-order valence-electron chi connectivity index (χ3n) is 4.38. The second-order valence-corrected chi connectivity index (χ2v) is 7.10. The van der Waals surface area contributed by atoms with Crippen molar-refractivity contribution in [3.05, 3.63) is 23.9 Å². The number of carbonyl (C=O) groups is 1. The number of carbonyl (C=O) groups excluding carboxylic acids is 1. The number of hydrogen-bond acceptors (Lipinski definition) is 5. The van der Waals surface area contributed by atoms with Gasteiger partial charge in [-0.25, -0.2) is 9.78 Å². The Labute approximate surface area is 136 Å². The van der Waals surface area contributed by atoms with Crippen molar-refractivity contribution < 1.29 is 9.53 Å². The highest BCUT2D eigenvalue weighted by Crippen LogP contribution is 2.35. The average molecular weight is 314 g/mol. The molecule has 3 heterocycles. The second kappa shape index (κ2) is 5.73. The van der Waals surface area contributed by atoms with Gasteiger partial charge in [0.15, 0.2) is 0 Å². The Hall–Kier alpha value is -2.29. The zero-order valence-electron chi connectivity index (χ0n) is 13.8. The third kappa shape index (κ3) is 3.09. The number of aromatic nitrogens is 1. The molecule has 1 aromatic heterocycles. The fraction of sp³-hybridized carbons (Fsp3) is 0.588. The van der Waals surface area contributed by atoms with E-state index in [1.165, 1.54) is 0 Å². The molecule has 3 rings (SSSR count). The lowest BCUT2D eigenvalue weighted by atomic mass is 10.1. The molecular formula is C17H22N4O2. The summed E-state index contributed by atoms with van der Waals surface area (Å²) >= 11 is 0. The molecule has 0 aliphatic carbocycles. The zero-order valence-corrected chi connectivity index (χ0v) is 13.8. The fourth-order valence-corrected chi connectivity index (χ4v) is 3.44. The molecule has 2 atom stereocenters. The highest BCUT2D eigenvalue weighted by Gasteiger charge is 2.46. The maximum absolute atomic E-state index is 12.4. The Morgan fingerprint density at radius 3 is 2.65 bits per heavy atom. The van der Waals surface area contributed by atoms with E-state index in [9.17, 15) is 4.79 Å². The summed E-state index contributed by atoms with van der Waals surface area (Å²) in [5.41, 5.74) is 0.0913. The molecule has 0 bridgehead atoms. The molecular weight excluding hydrogens is 292 g/mol. The first-order chi connectivity index (χ1) is 10.9. The topological polar surface area (TPSA) is 69.5 Å². The van der Waals surface area contributed by atoms with Crippen LogP contribution in [0, 0.1) is 11.3 Å². The standard InChI is InChI=1S/C17H22N4O2/c1-17(2,3)23-16(22)21-9-7-13-14(21)6-8-20(13)15-5-4-12(10-18)11-19-15/h4-5,11,13-14H,6-9H2,1-3H3. The lowest BCUT2D eigenvalue weighted by molar-refractivity contribution is 0.0228. The number of likely N-dealkylation sites (tertiary alicyclic amines) is 1. The van der Waals surface area contributed by atoms with Gasteiger partial charge in [-0.15, -0.1) is 0 Å². The second-order valence-electron chi connectivity index (χ2n) is 7.10. The van der Waals surface area contributed by atoms with E-state index in [0.717, 1.165) is 31.7 Å². The number of fused-ring (bicyclic) bond motifs is 1. The molecule has 0 spiro atoms. The van der Waals surface area contributed by atoms with Crippen LogP contribution in [0.15, 0.2) is 18.3 Å². The largest absolute Gasteiger partial charge is 0.444 e. The minimum atomic E-state index is -0.470. The number of ether oxygens (including phenoxy) is 1. The number of hydrogen-bond donors (Lipinski definition) is 0. The smallest absolute Gasteiger partial charge is 0.410 e. The molecule has 6 heteroatoms. The van der Waals surface area contributed by atoms with E-state index in [0.29, 0.717) is 5.56 Å². The van der Waals surface area contributed by atoms with Crippen LogP contribution in [0.5, 0.6) is 0 Å². The lowest BCUT2D eigenvalue weighted by Gasteiger charge is -2.28. The van der Waals surface area contributed by atoms with Crippen molar-refractivity contribution in [2.45, 2.75) is 51.3 Å².